The van der Waals surface area contributed by atoms with Crippen molar-refractivity contribution in [1.29, 1.82) is 0 Å². The van der Waals surface area contributed by atoms with Gasteiger partial charge in [-0.15, -0.1) is 54.1 Å². The molecule has 3 nitrogen and oxygen atoms in total. The topological polar surface area (TPSA) is 38.9 Å². The maximum atomic E-state index is 8.81. The van der Waals surface area contributed by atoms with E-state index in [9.17, 15) is 0 Å². The fraction of sp³-hybridized carbons (Fsp3) is 0.261. The third-order valence-corrected chi connectivity index (χ3v) is 11.0. The predicted molar refractivity (Wildman–Crippen MR) is 215 cm³/mol. The van der Waals surface area contributed by atoms with E-state index in [1.54, 1.807) is 6.20 Å². The third-order valence-electron chi connectivity index (χ3n) is 8.96. The zero-order chi connectivity index (χ0) is 38.0. The van der Waals surface area contributed by atoms with Crippen LogP contribution in [0.3, 0.4) is 0 Å². The molecule has 0 aliphatic carbocycles. The predicted octanol–water partition coefficient (Wildman–Crippen LogP) is 12.3. The number of hydrogen-bond donors (Lipinski definition) is 0. The van der Waals surface area contributed by atoms with Crippen LogP contribution in [0.2, 0.25) is 19.6 Å². The number of furan rings is 1. The van der Waals surface area contributed by atoms with Gasteiger partial charge >= 0.3 is 0 Å². The summed E-state index contributed by atoms with van der Waals surface area (Å²) >= 11 is 0. The van der Waals surface area contributed by atoms with Gasteiger partial charge in [0.1, 0.15) is 5.58 Å². The molecule has 0 spiro atoms. The van der Waals surface area contributed by atoms with Crippen LogP contribution in [0.15, 0.2) is 120 Å². The molecule has 1 radical (unpaired) electrons. The summed E-state index contributed by atoms with van der Waals surface area (Å²) in [4.78, 5) is 9.19. The zero-order valence-corrected chi connectivity index (χ0v) is 34.0. The zero-order valence-electron chi connectivity index (χ0n) is 33.6. The first-order chi connectivity index (χ1) is 25.3. The smallest absolute Gasteiger partial charge is 0.121 e. The van der Waals surface area contributed by atoms with Crippen LogP contribution in [0.1, 0.15) is 61.7 Å². The van der Waals surface area contributed by atoms with Gasteiger partial charge in [0.25, 0.3) is 0 Å². The number of hydrogen-bond acceptors (Lipinski definition) is 3. The summed E-state index contributed by atoms with van der Waals surface area (Å²) in [6.45, 7) is 14.7. The first-order valence-corrected chi connectivity index (χ1v) is 21.1. The van der Waals surface area contributed by atoms with Crippen molar-refractivity contribution in [3.63, 3.8) is 0 Å². The van der Waals surface area contributed by atoms with Crippen molar-refractivity contribution in [3.8, 4) is 33.6 Å². The Balaban J connectivity index is 0.000000217. The average molecular weight is 868 g/mol. The number of pyridine rings is 2. The van der Waals surface area contributed by atoms with E-state index in [1.807, 2.05) is 92.8 Å². The van der Waals surface area contributed by atoms with Gasteiger partial charge in [-0.2, -0.15) is 0 Å². The molecule has 0 fully saturated rings. The molecule has 0 saturated heterocycles. The second kappa shape index (κ2) is 16.9. The van der Waals surface area contributed by atoms with Crippen molar-refractivity contribution in [3.05, 3.63) is 139 Å². The van der Waals surface area contributed by atoms with Crippen LogP contribution < -0.4 is 5.19 Å². The molecule has 4 aromatic carbocycles. The first-order valence-electron chi connectivity index (χ1n) is 19.1. The van der Waals surface area contributed by atoms with E-state index in [-0.39, 0.29) is 26.0 Å². The van der Waals surface area contributed by atoms with Crippen LogP contribution >= 0.6 is 0 Å². The van der Waals surface area contributed by atoms with Crippen LogP contribution in [0.5, 0.6) is 0 Å². The Morgan fingerprint density at radius 1 is 0.784 bits per heavy atom. The maximum absolute atomic E-state index is 8.81. The van der Waals surface area contributed by atoms with Crippen LogP contribution in [-0.2, 0) is 26.5 Å². The number of rotatable bonds is 9. The van der Waals surface area contributed by atoms with Crippen LogP contribution in [0, 0.1) is 18.1 Å². The fourth-order valence-corrected chi connectivity index (χ4v) is 7.78. The second-order valence-corrected chi connectivity index (χ2v) is 19.0. The molecular formula is C46H48IrN2OSi-2. The first kappa shape index (κ1) is 34.0. The molecular weight excluding hydrogens is 817 g/mol. The SMILES string of the molecule is [2H]C(CC)(CC)c1ccnc(-c2[c-]ccc3c2oc2cc(-c4ccccc4)ccc23)c1.[2H]C([2H])(c1cc(-c2[c-]cccc2)ncc1[Si](C)(C)C)C(C)C.[Ir]. The normalized spacial score (nSPS) is 12.8. The third kappa shape index (κ3) is 8.84. The number of aromatic nitrogens is 2. The molecule has 0 saturated carbocycles. The van der Waals surface area contributed by atoms with E-state index in [4.69, 9.17) is 8.53 Å². The van der Waals surface area contributed by atoms with Gasteiger partial charge in [0.2, 0.25) is 0 Å². The quantitative estimate of drug-likeness (QED) is 0.107. The Hall–Kier alpha value is -4.15. The summed E-state index contributed by atoms with van der Waals surface area (Å²) in [6.07, 6.45) is 3.84. The van der Waals surface area contributed by atoms with E-state index >= 15 is 0 Å². The van der Waals surface area contributed by atoms with E-state index < -0.39 is 20.3 Å². The number of benzene rings is 4. The molecule has 0 amide bonds. The fourth-order valence-electron chi connectivity index (χ4n) is 6.37. The summed E-state index contributed by atoms with van der Waals surface area (Å²) < 4.78 is 32.3. The minimum Gasteiger partial charge on any atom is -0.501 e. The standard InChI is InChI=1S/C28H24NO.C18H24NSi.Ir/c1-3-19(4-2)22-15-16-29-26(17-22)25-12-8-11-24-23-14-13-21(18-27(23)30-28(24)25)20-9-6-5-7-10-20;1-14(2)11-16-12-17(15-9-7-6-8-10-15)19-13-18(16)20(3,4)5;/h5-11,13-19H,3-4H2,1-2H3;6-9,12-14H,11H2,1-5H3;/q2*-1;/i19D;11D2;. The molecule has 7 rings (SSSR count). The molecule has 3 aromatic heterocycles. The molecule has 0 aliphatic heterocycles. The van der Waals surface area contributed by atoms with Gasteiger partial charge in [-0.05, 0) is 70.9 Å². The molecule has 0 aliphatic rings. The Morgan fingerprint density at radius 3 is 2.24 bits per heavy atom. The average Bonchev–Trinajstić information content (AvgIpc) is 3.56. The van der Waals surface area contributed by atoms with Gasteiger partial charge in [-0.3, -0.25) is 0 Å². The summed E-state index contributed by atoms with van der Waals surface area (Å²) in [5, 5.41) is 3.24. The maximum Gasteiger partial charge on any atom is 0.121 e. The second-order valence-electron chi connectivity index (χ2n) is 14.0. The molecule has 7 aromatic rings. The molecule has 0 bridgehead atoms. The number of fused-ring (bicyclic) bond motifs is 3. The van der Waals surface area contributed by atoms with Crippen LogP contribution in [0.4, 0.5) is 0 Å². The Labute approximate surface area is 323 Å². The van der Waals surface area contributed by atoms with Gasteiger partial charge in [0.05, 0.1) is 13.7 Å². The van der Waals surface area contributed by atoms with E-state index in [2.05, 4.69) is 85.9 Å². The molecule has 51 heavy (non-hydrogen) atoms. The molecule has 5 heteroatoms. The van der Waals surface area contributed by atoms with Gasteiger partial charge in [-0.1, -0.05) is 124 Å². The minimum absolute atomic E-state index is 0. The van der Waals surface area contributed by atoms with Crippen LogP contribution in [0.25, 0.3) is 55.6 Å². The summed E-state index contributed by atoms with van der Waals surface area (Å²) in [6, 6.07) is 40.8. The van der Waals surface area contributed by atoms with E-state index in [0.717, 1.165) is 84.7 Å². The van der Waals surface area contributed by atoms with Crippen molar-refractivity contribution in [1.82, 2.24) is 9.97 Å². The van der Waals surface area contributed by atoms with Gasteiger partial charge < -0.3 is 14.4 Å². The monoisotopic (exact) mass is 868 g/mol. The Kier molecular flexibility index (Phi) is 11.3. The van der Waals surface area contributed by atoms with Crippen LogP contribution in [-0.4, -0.2) is 18.0 Å². The number of nitrogens with zero attached hydrogens (tertiary/aromatic N) is 2. The van der Waals surface area contributed by atoms with Crippen molar-refractivity contribution >= 4 is 35.2 Å². The molecule has 3 heterocycles. The van der Waals surface area contributed by atoms with Gasteiger partial charge in [-0.25, -0.2) is 0 Å². The Morgan fingerprint density at radius 2 is 1.55 bits per heavy atom. The molecule has 0 N–H and O–H groups in total. The van der Waals surface area contributed by atoms with Crippen molar-refractivity contribution in [2.75, 3.05) is 0 Å². The summed E-state index contributed by atoms with van der Waals surface area (Å²) in [7, 11) is -1.67. The van der Waals surface area contributed by atoms with Crippen molar-refractivity contribution < 1.29 is 28.6 Å². The van der Waals surface area contributed by atoms with Crippen molar-refractivity contribution in [2.24, 2.45) is 5.92 Å². The Bertz CT molecular complexity index is 2330. The molecule has 263 valence electrons. The minimum atomic E-state index is -1.67. The largest absolute Gasteiger partial charge is 0.501 e. The van der Waals surface area contributed by atoms with Crippen molar-refractivity contribution in [2.45, 2.75) is 72.4 Å². The van der Waals surface area contributed by atoms with Gasteiger partial charge in [0.15, 0.2) is 0 Å². The molecule has 0 unspecified atom stereocenters. The summed E-state index contributed by atoms with van der Waals surface area (Å²) in [5.41, 5.74) is 9.04. The molecule has 0 atom stereocenters. The summed E-state index contributed by atoms with van der Waals surface area (Å²) in [5.74, 6) is -0.693. The van der Waals surface area contributed by atoms with Gasteiger partial charge in [0, 0.05) is 42.0 Å². The van der Waals surface area contributed by atoms with E-state index in [0.29, 0.717) is 0 Å². The van der Waals surface area contributed by atoms with E-state index in [1.165, 1.54) is 0 Å².